The highest BCUT2D eigenvalue weighted by Gasteiger charge is 2.15. The molecule has 22 heavy (non-hydrogen) atoms. The second-order valence-electron chi connectivity index (χ2n) is 4.94. The molecule has 2 heterocycles. The van der Waals surface area contributed by atoms with Crippen molar-refractivity contribution >= 4 is 29.0 Å². The van der Waals surface area contributed by atoms with E-state index in [0.717, 1.165) is 5.69 Å². The number of aromatic carboxylic acids is 1. The zero-order chi connectivity index (χ0) is 15.7. The highest BCUT2D eigenvalue weighted by atomic mass is 16.4. The van der Waals surface area contributed by atoms with Crippen LogP contribution in [-0.4, -0.2) is 31.1 Å². The van der Waals surface area contributed by atoms with Crippen LogP contribution >= 0.6 is 0 Å². The third kappa shape index (κ3) is 2.35. The molecule has 1 aromatic carbocycles. The van der Waals surface area contributed by atoms with Crippen LogP contribution in [0.25, 0.3) is 23.1 Å². The second kappa shape index (κ2) is 5.40. The number of carboxylic acids is 1. The van der Waals surface area contributed by atoms with Gasteiger partial charge in [-0.1, -0.05) is 23.4 Å². The van der Waals surface area contributed by atoms with Gasteiger partial charge in [0, 0.05) is 12.4 Å². The minimum Gasteiger partial charge on any atom is -0.478 e. The molecule has 0 saturated heterocycles. The molecule has 0 atom stereocenters. The first-order valence-corrected chi connectivity index (χ1v) is 6.73. The molecule has 0 spiro atoms. The molecule has 0 amide bonds. The monoisotopic (exact) mass is 294 g/mol. The number of hydrogen-bond acceptors (Lipinski definition) is 4. The maximum atomic E-state index is 11.6. The van der Waals surface area contributed by atoms with Crippen LogP contribution in [0.5, 0.6) is 0 Å². The van der Waals surface area contributed by atoms with Crippen molar-refractivity contribution in [3.05, 3.63) is 53.0 Å². The highest BCUT2D eigenvalue weighted by molar-refractivity contribution is 6.04. The van der Waals surface area contributed by atoms with Gasteiger partial charge in [-0.05, 0) is 30.7 Å². The van der Waals surface area contributed by atoms with E-state index in [9.17, 15) is 9.90 Å². The van der Waals surface area contributed by atoms with Crippen LogP contribution in [-0.2, 0) is 7.05 Å². The summed E-state index contributed by atoms with van der Waals surface area (Å²) in [5.74, 6) is -0.951. The van der Waals surface area contributed by atoms with Gasteiger partial charge in [0.15, 0.2) is 0 Å². The van der Waals surface area contributed by atoms with Crippen molar-refractivity contribution in [2.75, 3.05) is 0 Å². The van der Waals surface area contributed by atoms with Gasteiger partial charge in [-0.15, -0.1) is 5.10 Å². The number of nitrogens with zero attached hydrogens (tertiary/aromatic N) is 4. The number of aryl methyl sites for hydroxylation is 1. The number of para-hydroxylation sites is 1. The molecule has 0 fully saturated rings. The van der Waals surface area contributed by atoms with Crippen molar-refractivity contribution in [3.8, 4) is 0 Å². The van der Waals surface area contributed by atoms with E-state index in [1.165, 1.54) is 0 Å². The Morgan fingerprint density at radius 1 is 1.27 bits per heavy atom. The Morgan fingerprint density at radius 2 is 2.05 bits per heavy atom. The quantitative estimate of drug-likeness (QED) is 0.802. The van der Waals surface area contributed by atoms with Crippen molar-refractivity contribution in [1.82, 2.24) is 20.0 Å². The molecule has 2 aromatic heterocycles. The summed E-state index contributed by atoms with van der Waals surface area (Å²) >= 11 is 0. The summed E-state index contributed by atoms with van der Waals surface area (Å²) in [7, 11) is 1.79. The van der Waals surface area contributed by atoms with Crippen LogP contribution in [0.3, 0.4) is 0 Å². The van der Waals surface area contributed by atoms with E-state index in [4.69, 9.17) is 0 Å². The van der Waals surface area contributed by atoms with Crippen molar-refractivity contribution in [2.45, 2.75) is 6.92 Å². The molecule has 0 radical (unpaired) electrons. The molecular weight excluding hydrogens is 280 g/mol. The SMILES string of the molecule is Cc1c(C=Cc2cnnn2C)nc2ccccc2c1C(=O)O. The Kier molecular flexibility index (Phi) is 3.42. The van der Waals surface area contributed by atoms with E-state index in [-0.39, 0.29) is 5.56 Å². The molecule has 0 aliphatic rings. The Balaban J connectivity index is 2.18. The van der Waals surface area contributed by atoms with Gasteiger partial charge >= 0.3 is 5.97 Å². The molecule has 0 unspecified atom stereocenters. The van der Waals surface area contributed by atoms with Gasteiger partial charge in [0.05, 0.1) is 28.7 Å². The largest absolute Gasteiger partial charge is 0.478 e. The highest BCUT2D eigenvalue weighted by Crippen LogP contribution is 2.24. The first-order chi connectivity index (χ1) is 10.6. The summed E-state index contributed by atoms with van der Waals surface area (Å²) in [6, 6.07) is 7.24. The summed E-state index contributed by atoms with van der Waals surface area (Å²) in [5.41, 5.74) is 3.02. The Hall–Kier alpha value is -3.02. The summed E-state index contributed by atoms with van der Waals surface area (Å²) in [4.78, 5) is 16.1. The van der Waals surface area contributed by atoms with E-state index in [0.29, 0.717) is 22.2 Å². The van der Waals surface area contributed by atoms with Crippen molar-refractivity contribution in [2.24, 2.45) is 7.05 Å². The molecule has 3 rings (SSSR count). The number of fused-ring (bicyclic) bond motifs is 1. The predicted octanol–water partition coefficient (Wildman–Crippen LogP) is 2.54. The average molecular weight is 294 g/mol. The minimum absolute atomic E-state index is 0.286. The number of carboxylic acid groups (broad SMARTS) is 1. The molecule has 6 nitrogen and oxygen atoms in total. The van der Waals surface area contributed by atoms with Crippen LogP contribution in [0.1, 0.15) is 27.3 Å². The van der Waals surface area contributed by atoms with Crippen LogP contribution in [0.15, 0.2) is 30.5 Å². The molecular formula is C16H14N4O2. The van der Waals surface area contributed by atoms with Gasteiger partial charge in [0.25, 0.3) is 0 Å². The lowest BCUT2D eigenvalue weighted by Gasteiger charge is -2.09. The standard InChI is InChI=1S/C16H14N4O2/c1-10-13(8-7-11-9-17-19-20(11)2)18-14-6-4-3-5-12(14)15(10)16(21)22/h3-9H,1-2H3,(H,21,22). The van der Waals surface area contributed by atoms with Crippen molar-refractivity contribution < 1.29 is 9.90 Å². The fourth-order valence-corrected chi connectivity index (χ4v) is 2.38. The second-order valence-corrected chi connectivity index (χ2v) is 4.94. The minimum atomic E-state index is -0.951. The number of aromatic nitrogens is 4. The van der Waals surface area contributed by atoms with Crippen molar-refractivity contribution in [1.29, 1.82) is 0 Å². The number of hydrogen-bond donors (Lipinski definition) is 1. The molecule has 6 heteroatoms. The van der Waals surface area contributed by atoms with Gasteiger partial charge in [-0.25, -0.2) is 14.5 Å². The number of rotatable bonds is 3. The first-order valence-electron chi connectivity index (χ1n) is 6.73. The normalized spacial score (nSPS) is 11.4. The van der Waals surface area contributed by atoms with Crippen molar-refractivity contribution in [3.63, 3.8) is 0 Å². The van der Waals surface area contributed by atoms with E-state index in [1.54, 1.807) is 37.0 Å². The molecule has 1 N–H and O–H groups in total. The lowest BCUT2D eigenvalue weighted by Crippen LogP contribution is -2.04. The van der Waals surface area contributed by atoms with E-state index in [1.807, 2.05) is 24.3 Å². The third-order valence-electron chi connectivity index (χ3n) is 3.55. The molecule has 110 valence electrons. The van der Waals surface area contributed by atoms with Gasteiger partial charge in [0.2, 0.25) is 0 Å². The molecule has 0 saturated carbocycles. The summed E-state index contributed by atoms with van der Waals surface area (Å²) in [6.07, 6.45) is 5.23. The van der Waals surface area contributed by atoms with Gasteiger partial charge in [0.1, 0.15) is 0 Å². The van der Waals surface area contributed by atoms with Crippen LogP contribution in [0.4, 0.5) is 0 Å². The smallest absolute Gasteiger partial charge is 0.336 e. The van der Waals surface area contributed by atoms with Gasteiger partial charge < -0.3 is 5.11 Å². The van der Waals surface area contributed by atoms with Gasteiger partial charge in [-0.3, -0.25) is 0 Å². The zero-order valence-corrected chi connectivity index (χ0v) is 12.2. The third-order valence-corrected chi connectivity index (χ3v) is 3.55. The van der Waals surface area contributed by atoms with E-state index in [2.05, 4.69) is 15.3 Å². The Morgan fingerprint density at radius 3 is 2.73 bits per heavy atom. The van der Waals surface area contributed by atoms with E-state index >= 15 is 0 Å². The Labute approximate surface area is 126 Å². The molecule has 0 bridgehead atoms. The predicted molar refractivity (Wildman–Crippen MR) is 83.4 cm³/mol. The van der Waals surface area contributed by atoms with E-state index < -0.39 is 5.97 Å². The number of pyridine rings is 1. The number of benzene rings is 1. The number of carbonyl (C=O) groups is 1. The lowest BCUT2D eigenvalue weighted by atomic mass is 10.0. The lowest BCUT2D eigenvalue weighted by molar-refractivity contribution is 0.0698. The Bertz CT molecular complexity index is 896. The molecule has 0 aliphatic heterocycles. The van der Waals surface area contributed by atoms with Crippen LogP contribution in [0, 0.1) is 6.92 Å². The van der Waals surface area contributed by atoms with Gasteiger partial charge in [-0.2, -0.15) is 0 Å². The zero-order valence-electron chi connectivity index (χ0n) is 12.2. The topological polar surface area (TPSA) is 80.9 Å². The average Bonchev–Trinajstić information content (AvgIpc) is 2.90. The van der Waals surface area contributed by atoms with Crippen LogP contribution in [0.2, 0.25) is 0 Å². The molecule has 0 aliphatic carbocycles. The van der Waals surface area contributed by atoms with Crippen LogP contribution < -0.4 is 0 Å². The first kappa shape index (κ1) is 13.9. The summed E-state index contributed by atoms with van der Waals surface area (Å²) in [6.45, 7) is 1.77. The summed E-state index contributed by atoms with van der Waals surface area (Å²) in [5, 5.41) is 17.8. The fraction of sp³-hybridized carbons (Fsp3) is 0.125. The fourth-order valence-electron chi connectivity index (χ4n) is 2.38. The molecule has 3 aromatic rings. The summed E-state index contributed by atoms with van der Waals surface area (Å²) < 4.78 is 1.63. The maximum Gasteiger partial charge on any atom is 0.336 e. The maximum absolute atomic E-state index is 11.6.